The van der Waals surface area contributed by atoms with Crippen LogP contribution < -0.4 is 4.74 Å². The van der Waals surface area contributed by atoms with Crippen LogP contribution in [0.4, 0.5) is 0 Å². The highest BCUT2D eigenvalue weighted by molar-refractivity contribution is 5.96. The third-order valence-corrected chi connectivity index (χ3v) is 3.41. The Balaban J connectivity index is 1.85. The molecule has 0 heterocycles. The van der Waals surface area contributed by atoms with Crippen molar-refractivity contribution in [3.63, 3.8) is 0 Å². The molecule has 0 radical (unpaired) electrons. The smallest absolute Gasteiger partial charge is 0.166 e. The molecule has 0 amide bonds. The maximum absolute atomic E-state index is 11.9. The summed E-state index contributed by atoms with van der Waals surface area (Å²) in [6.07, 6.45) is 0.394. The van der Waals surface area contributed by atoms with E-state index in [1.807, 2.05) is 42.5 Å². The molecule has 2 heteroatoms. The van der Waals surface area contributed by atoms with Crippen molar-refractivity contribution in [1.82, 2.24) is 0 Å². The zero-order valence-corrected chi connectivity index (χ0v) is 12.9. The Morgan fingerprint density at radius 3 is 2.14 bits per heavy atom. The first-order valence-electron chi connectivity index (χ1n) is 7.28. The second-order valence-electron chi connectivity index (χ2n) is 6.16. The van der Waals surface area contributed by atoms with Gasteiger partial charge in [-0.05, 0) is 23.1 Å². The van der Waals surface area contributed by atoms with Gasteiger partial charge in [-0.25, -0.2) is 0 Å². The largest absolute Gasteiger partial charge is 0.493 e. The van der Waals surface area contributed by atoms with Gasteiger partial charge in [0.05, 0.1) is 6.61 Å². The van der Waals surface area contributed by atoms with Crippen LogP contribution in [0.15, 0.2) is 54.6 Å². The van der Waals surface area contributed by atoms with Crippen LogP contribution in [0.3, 0.4) is 0 Å². The van der Waals surface area contributed by atoms with Gasteiger partial charge >= 0.3 is 0 Å². The SMILES string of the molecule is CC(C)(C)c1ccc(OCCC(=O)c2ccccc2)cc1. The van der Waals surface area contributed by atoms with E-state index in [4.69, 9.17) is 4.74 Å². The van der Waals surface area contributed by atoms with Gasteiger partial charge in [0.15, 0.2) is 5.78 Å². The van der Waals surface area contributed by atoms with Crippen LogP contribution in [0.1, 0.15) is 43.1 Å². The number of ketones is 1. The monoisotopic (exact) mass is 282 g/mol. The summed E-state index contributed by atoms with van der Waals surface area (Å²) in [4.78, 5) is 11.9. The van der Waals surface area contributed by atoms with Gasteiger partial charge < -0.3 is 4.74 Å². The third-order valence-electron chi connectivity index (χ3n) is 3.41. The molecule has 0 saturated heterocycles. The molecule has 0 unspecified atom stereocenters. The molecule has 0 saturated carbocycles. The number of Topliss-reactive ketones (excluding diaryl/α,β-unsaturated/α-hetero) is 1. The first-order chi connectivity index (χ1) is 9.97. The van der Waals surface area contributed by atoms with E-state index in [0.717, 1.165) is 11.3 Å². The first-order valence-corrected chi connectivity index (χ1v) is 7.28. The highest BCUT2D eigenvalue weighted by Crippen LogP contribution is 2.24. The van der Waals surface area contributed by atoms with Crippen molar-refractivity contribution in [1.29, 1.82) is 0 Å². The molecule has 0 bridgehead atoms. The topological polar surface area (TPSA) is 26.3 Å². The lowest BCUT2D eigenvalue weighted by Gasteiger charge is -2.19. The average Bonchev–Trinajstić information content (AvgIpc) is 2.47. The Labute approximate surface area is 126 Å². The summed E-state index contributed by atoms with van der Waals surface area (Å²) >= 11 is 0. The van der Waals surface area contributed by atoms with Crippen LogP contribution >= 0.6 is 0 Å². The lowest BCUT2D eigenvalue weighted by Crippen LogP contribution is -2.11. The van der Waals surface area contributed by atoms with Gasteiger partial charge in [-0.3, -0.25) is 4.79 Å². The van der Waals surface area contributed by atoms with Gasteiger partial charge in [-0.15, -0.1) is 0 Å². The fourth-order valence-corrected chi connectivity index (χ4v) is 2.08. The van der Waals surface area contributed by atoms with E-state index >= 15 is 0 Å². The Bertz CT molecular complexity index is 577. The van der Waals surface area contributed by atoms with Crippen molar-refractivity contribution in [2.75, 3.05) is 6.61 Å². The summed E-state index contributed by atoms with van der Waals surface area (Å²) in [5.41, 5.74) is 2.15. The molecule has 0 aliphatic heterocycles. The van der Waals surface area contributed by atoms with E-state index in [-0.39, 0.29) is 11.2 Å². The number of rotatable bonds is 5. The number of benzene rings is 2. The normalized spacial score (nSPS) is 11.2. The van der Waals surface area contributed by atoms with Crippen molar-refractivity contribution in [3.05, 3.63) is 65.7 Å². The van der Waals surface area contributed by atoms with Crippen LogP contribution in [0, 0.1) is 0 Å². The highest BCUT2D eigenvalue weighted by Gasteiger charge is 2.13. The molecule has 21 heavy (non-hydrogen) atoms. The van der Waals surface area contributed by atoms with Crippen LogP contribution in [-0.2, 0) is 5.41 Å². The molecule has 0 aliphatic carbocycles. The minimum atomic E-state index is 0.113. The van der Waals surface area contributed by atoms with E-state index in [2.05, 4.69) is 32.9 Å². The van der Waals surface area contributed by atoms with Gasteiger partial charge in [-0.2, -0.15) is 0 Å². The number of carbonyl (C=O) groups is 1. The van der Waals surface area contributed by atoms with Gasteiger partial charge in [0, 0.05) is 12.0 Å². The minimum absolute atomic E-state index is 0.113. The second kappa shape index (κ2) is 6.57. The van der Waals surface area contributed by atoms with Crippen LogP contribution in [-0.4, -0.2) is 12.4 Å². The van der Waals surface area contributed by atoms with Gasteiger partial charge in [-0.1, -0.05) is 63.2 Å². The summed E-state index contributed by atoms with van der Waals surface area (Å²) in [6, 6.07) is 17.4. The van der Waals surface area contributed by atoms with Gasteiger partial charge in [0.25, 0.3) is 0 Å². The van der Waals surface area contributed by atoms with E-state index in [0.29, 0.717) is 13.0 Å². The molecule has 0 spiro atoms. The zero-order chi connectivity index (χ0) is 15.3. The maximum Gasteiger partial charge on any atom is 0.166 e. The van der Waals surface area contributed by atoms with Crippen LogP contribution in [0.25, 0.3) is 0 Å². The average molecular weight is 282 g/mol. The molecule has 0 atom stereocenters. The van der Waals surface area contributed by atoms with E-state index in [9.17, 15) is 4.79 Å². The molecule has 2 aromatic rings. The van der Waals surface area contributed by atoms with E-state index in [1.165, 1.54) is 5.56 Å². The van der Waals surface area contributed by atoms with Gasteiger partial charge in [0.1, 0.15) is 5.75 Å². The van der Waals surface area contributed by atoms with Crippen molar-refractivity contribution in [2.24, 2.45) is 0 Å². The lowest BCUT2D eigenvalue weighted by atomic mass is 9.87. The Kier molecular flexibility index (Phi) is 4.79. The molecular weight excluding hydrogens is 260 g/mol. The molecule has 0 N–H and O–H groups in total. The molecule has 2 rings (SSSR count). The predicted molar refractivity (Wildman–Crippen MR) is 86.0 cm³/mol. The summed E-state index contributed by atoms with van der Waals surface area (Å²) < 4.78 is 5.64. The highest BCUT2D eigenvalue weighted by atomic mass is 16.5. The fourth-order valence-electron chi connectivity index (χ4n) is 2.08. The summed E-state index contributed by atoms with van der Waals surface area (Å²) in [7, 11) is 0. The van der Waals surface area contributed by atoms with Crippen LogP contribution in [0.5, 0.6) is 5.75 Å². The number of ether oxygens (including phenoxy) is 1. The van der Waals surface area contributed by atoms with Crippen molar-refractivity contribution in [3.8, 4) is 5.75 Å². The Morgan fingerprint density at radius 2 is 1.57 bits per heavy atom. The summed E-state index contributed by atoms with van der Waals surface area (Å²) in [6.45, 7) is 6.95. The lowest BCUT2D eigenvalue weighted by molar-refractivity contribution is 0.0962. The molecule has 2 aromatic carbocycles. The second-order valence-corrected chi connectivity index (χ2v) is 6.16. The van der Waals surface area contributed by atoms with Crippen molar-refractivity contribution < 1.29 is 9.53 Å². The molecular formula is C19H22O2. The predicted octanol–water partition coefficient (Wildman–Crippen LogP) is 4.64. The summed E-state index contributed by atoms with van der Waals surface area (Å²) in [5, 5.41) is 0. The van der Waals surface area contributed by atoms with Crippen molar-refractivity contribution in [2.45, 2.75) is 32.6 Å². The van der Waals surface area contributed by atoms with Crippen LogP contribution in [0.2, 0.25) is 0 Å². The number of hydrogen-bond acceptors (Lipinski definition) is 2. The molecule has 110 valence electrons. The quantitative estimate of drug-likeness (QED) is 0.747. The van der Waals surface area contributed by atoms with E-state index in [1.54, 1.807) is 0 Å². The summed E-state index contributed by atoms with van der Waals surface area (Å²) in [5.74, 6) is 0.922. The maximum atomic E-state index is 11.9. The first kappa shape index (κ1) is 15.3. The van der Waals surface area contributed by atoms with E-state index < -0.39 is 0 Å². The third kappa shape index (κ3) is 4.45. The molecule has 0 aliphatic rings. The number of hydrogen-bond donors (Lipinski definition) is 0. The Hall–Kier alpha value is -2.09. The van der Waals surface area contributed by atoms with Crippen molar-refractivity contribution >= 4 is 5.78 Å². The number of carbonyl (C=O) groups excluding carboxylic acids is 1. The molecule has 2 nitrogen and oxygen atoms in total. The van der Waals surface area contributed by atoms with Gasteiger partial charge in [0.2, 0.25) is 0 Å². The Morgan fingerprint density at radius 1 is 0.952 bits per heavy atom. The zero-order valence-electron chi connectivity index (χ0n) is 12.9. The fraction of sp³-hybridized carbons (Fsp3) is 0.316. The molecule has 0 fully saturated rings. The standard InChI is InChI=1S/C19H22O2/c1-19(2,3)16-9-11-17(12-10-16)21-14-13-18(20)15-7-5-4-6-8-15/h4-12H,13-14H2,1-3H3. The molecule has 0 aromatic heterocycles. The minimum Gasteiger partial charge on any atom is -0.493 e.